The van der Waals surface area contributed by atoms with Crippen molar-refractivity contribution in [2.75, 3.05) is 6.54 Å². The van der Waals surface area contributed by atoms with Crippen molar-refractivity contribution in [2.45, 2.75) is 44.9 Å². The van der Waals surface area contributed by atoms with Crippen molar-refractivity contribution in [3.05, 3.63) is 46.3 Å². The molecule has 0 aliphatic carbocycles. The number of rotatable bonds is 5. The molecule has 5 nitrogen and oxygen atoms in total. The summed E-state index contributed by atoms with van der Waals surface area (Å²) in [5, 5.41) is 10.8. The van der Waals surface area contributed by atoms with Crippen LogP contribution in [0.1, 0.15) is 49.1 Å². The van der Waals surface area contributed by atoms with Crippen molar-refractivity contribution in [1.82, 2.24) is 20.5 Å². The lowest BCUT2D eigenvalue weighted by Gasteiger charge is -2.19. The van der Waals surface area contributed by atoms with Crippen LogP contribution >= 0.6 is 11.6 Å². The zero-order chi connectivity index (χ0) is 16.4. The SMILES string of the molecule is Cc1nc([C@@H]2CC[C@H](CNC(C)c3ccc(F)cc3Cl)O2)n[nH]1. The predicted octanol–water partition coefficient (Wildman–Crippen LogP) is 3.48. The highest BCUT2D eigenvalue weighted by molar-refractivity contribution is 6.31. The van der Waals surface area contributed by atoms with Crippen molar-refractivity contribution < 1.29 is 9.13 Å². The van der Waals surface area contributed by atoms with Crippen molar-refractivity contribution in [1.29, 1.82) is 0 Å². The largest absolute Gasteiger partial charge is 0.366 e. The topological polar surface area (TPSA) is 62.8 Å². The molecule has 124 valence electrons. The fraction of sp³-hybridized carbons (Fsp3) is 0.500. The number of halogens is 2. The van der Waals surface area contributed by atoms with Gasteiger partial charge in [-0.25, -0.2) is 9.37 Å². The van der Waals surface area contributed by atoms with Gasteiger partial charge in [-0.3, -0.25) is 5.10 Å². The van der Waals surface area contributed by atoms with E-state index in [-0.39, 0.29) is 24.1 Å². The zero-order valence-corrected chi connectivity index (χ0v) is 13.9. The predicted molar refractivity (Wildman–Crippen MR) is 85.8 cm³/mol. The van der Waals surface area contributed by atoms with Crippen molar-refractivity contribution >= 4 is 11.6 Å². The summed E-state index contributed by atoms with van der Waals surface area (Å²) in [5.41, 5.74) is 0.882. The van der Waals surface area contributed by atoms with Gasteiger partial charge in [0.05, 0.1) is 6.10 Å². The Morgan fingerprint density at radius 3 is 3.00 bits per heavy atom. The number of hydrogen-bond donors (Lipinski definition) is 2. The summed E-state index contributed by atoms with van der Waals surface area (Å²) in [7, 11) is 0. The lowest BCUT2D eigenvalue weighted by Crippen LogP contribution is -2.29. The maximum Gasteiger partial charge on any atom is 0.179 e. The average molecular weight is 339 g/mol. The van der Waals surface area contributed by atoms with E-state index in [1.165, 1.54) is 12.1 Å². The molecule has 2 heterocycles. The van der Waals surface area contributed by atoms with Crippen LogP contribution in [0.15, 0.2) is 18.2 Å². The molecule has 23 heavy (non-hydrogen) atoms. The summed E-state index contributed by atoms with van der Waals surface area (Å²) >= 11 is 6.09. The monoisotopic (exact) mass is 338 g/mol. The molecule has 0 radical (unpaired) electrons. The number of aromatic nitrogens is 3. The third kappa shape index (κ3) is 3.88. The minimum atomic E-state index is -0.324. The fourth-order valence-corrected chi connectivity index (χ4v) is 3.15. The summed E-state index contributed by atoms with van der Waals surface area (Å²) in [5.74, 6) is 1.19. The summed E-state index contributed by atoms with van der Waals surface area (Å²) < 4.78 is 19.1. The Morgan fingerprint density at radius 1 is 1.48 bits per heavy atom. The third-order valence-electron chi connectivity index (χ3n) is 4.09. The van der Waals surface area contributed by atoms with Crippen LogP contribution in [-0.2, 0) is 4.74 Å². The lowest BCUT2D eigenvalue weighted by atomic mass is 10.1. The number of hydrogen-bond acceptors (Lipinski definition) is 4. The molecule has 2 N–H and O–H groups in total. The summed E-state index contributed by atoms with van der Waals surface area (Å²) in [6.07, 6.45) is 1.93. The number of benzene rings is 1. The Balaban J connectivity index is 1.53. The van der Waals surface area contributed by atoms with Gasteiger partial charge in [-0.2, -0.15) is 5.10 Å². The van der Waals surface area contributed by atoms with Crippen LogP contribution in [-0.4, -0.2) is 27.8 Å². The van der Waals surface area contributed by atoms with E-state index in [1.54, 1.807) is 6.07 Å². The van der Waals surface area contributed by atoms with E-state index in [4.69, 9.17) is 16.3 Å². The third-order valence-corrected chi connectivity index (χ3v) is 4.42. The summed E-state index contributed by atoms with van der Waals surface area (Å²) in [6, 6.07) is 4.50. The van der Waals surface area contributed by atoms with E-state index in [9.17, 15) is 4.39 Å². The Hall–Kier alpha value is -1.50. The molecule has 1 unspecified atom stereocenters. The molecule has 0 amide bonds. The number of H-pyrrole nitrogens is 1. The van der Waals surface area contributed by atoms with E-state index >= 15 is 0 Å². The molecule has 3 atom stereocenters. The van der Waals surface area contributed by atoms with Gasteiger partial charge in [-0.1, -0.05) is 17.7 Å². The van der Waals surface area contributed by atoms with E-state index in [2.05, 4.69) is 20.5 Å². The molecule has 1 aliphatic heterocycles. The Kier molecular flexibility index (Phi) is 4.94. The minimum Gasteiger partial charge on any atom is -0.366 e. The van der Waals surface area contributed by atoms with Gasteiger partial charge in [-0.05, 0) is 44.4 Å². The van der Waals surface area contributed by atoms with Crippen LogP contribution in [0.2, 0.25) is 5.02 Å². The highest BCUT2D eigenvalue weighted by atomic mass is 35.5. The second kappa shape index (κ2) is 6.95. The summed E-state index contributed by atoms with van der Waals surface area (Å²) in [6.45, 7) is 4.58. The van der Waals surface area contributed by atoms with Gasteiger partial charge < -0.3 is 10.1 Å². The van der Waals surface area contributed by atoms with Crippen LogP contribution in [0.3, 0.4) is 0 Å². The van der Waals surface area contributed by atoms with Crippen LogP contribution in [0.25, 0.3) is 0 Å². The van der Waals surface area contributed by atoms with E-state index in [0.29, 0.717) is 11.6 Å². The molecular weight excluding hydrogens is 319 g/mol. The molecule has 1 saturated heterocycles. The van der Waals surface area contributed by atoms with E-state index < -0.39 is 0 Å². The van der Waals surface area contributed by atoms with Gasteiger partial charge in [0.15, 0.2) is 5.82 Å². The van der Waals surface area contributed by atoms with Crippen LogP contribution in [0.5, 0.6) is 0 Å². The van der Waals surface area contributed by atoms with E-state index in [0.717, 1.165) is 30.1 Å². The Labute approximate surface area is 139 Å². The molecule has 0 spiro atoms. The molecule has 1 aliphatic rings. The van der Waals surface area contributed by atoms with Gasteiger partial charge in [0.2, 0.25) is 0 Å². The van der Waals surface area contributed by atoms with Crippen molar-refractivity contribution in [2.24, 2.45) is 0 Å². The molecular formula is C16H20ClFN4O. The summed E-state index contributed by atoms with van der Waals surface area (Å²) in [4.78, 5) is 4.32. The van der Waals surface area contributed by atoms with Crippen molar-refractivity contribution in [3.63, 3.8) is 0 Å². The Bertz CT molecular complexity index is 678. The van der Waals surface area contributed by atoms with Gasteiger partial charge in [0, 0.05) is 17.6 Å². The first-order valence-electron chi connectivity index (χ1n) is 7.75. The molecule has 0 saturated carbocycles. The molecule has 2 aromatic rings. The molecule has 1 fully saturated rings. The number of nitrogens with zero attached hydrogens (tertiary/aromatic N) is 2. The lowest BCUT2D eigenvalue weighted by molar-refractivity contribution is 0.0390. The van der Waals surface area contributed by atoms with E-state index in [1.807, 2.05) is 13.8 Å². The first-order valence-corrected chi connectivity index (χ1v) is 8.13. The van der Waals surface area contributed by atoms with Crippen LogP contribution < -0.4 is 5.32 Å². The number of nitrogens with one attached hydrogen (secondary N) is 2. The van der Waals surface area contributed by atoms with Gasteiger partial charge in [0.25, 0.3) is 0 Å². The van der Waals surface area contributed by atoms with Gasteiger partial charge >= 0.3 is 0 Å². The molecule has 1 aromatic heterocycles. The molecule has 1 aromatic carbocycles. The zero-order valence-electron chi connectivity index (χ0n) is 13.1. The molecule has 7 heteroatoms. The molecule has 0 bridgehead atoms. The van der Waals surface area contributed by atoms with Gasteiger partial charge in [0.1, 0.15) is 17.7 Å². The smallest absolute Gasteiger partial charge is 0.179 e. The van der Waals surface area contributed by atoms with Crippen LogP contribution in [0.4, 0.5) is 4.39 Å². The van der Waals surface area contributed by atoms with Crippen LogP contribution in [0, 0.1) is 12.7 Å². The second-order valence-electron chi connectivity index (χ2n) is 5.90. The first kappa shape index (κ1) is 16.4. The number of aromatic amines is 1. The Morgan fingerprint density at radius 2 is 2.30 bits per heavy atom. The molecule has 3 rings (SSSR count). The quantitative estimate of drug-likeness (QED) is 0.876. The minimum absolute atomic E-state index is 0.0245. The maximum atomic E-state index is 13.1. The number of ether oxygens (including phenoxy) is 1. The maximum absolute atomic E-state index is 13.1. The van der Waals surface area contributed by atoms with Crippen molar-refractivity contribution in [3.8, 4) is 0 Å². The average Bonchev–Trinajstić information content (AvgIpc) is 3.13. The standard InChI is InChI=1S/C16H20ClFN4O/c1-9(13-5-3-11(18)7-14(13)17)19-8-12-4-6-15(23-12)16-20-10(2)21-22-16/h3,5,7,9,12,15,19H,4,6,8H2,1-2H3,(H,20,21,22)/t9?,12-,15+/m1/s1. The highest BCUT2D eigenvalue weighted by Gasteiger charge is 2.29. The highest BCUT2D eigenvalue weighted by Crippen LogP contribution is 2.31. The second-order valence-corrected chi connectivity index (χ2v) is 6.31. The first-order chi connectivity index (χ1) is 11.0. The number of aryl methyl sites for hydroxylation is 1. The van der Waals surface area contributed by atoms with Gasteiger partial charge in [-0.15, -0.1) is 0 Å². The fourth-order valence-electron chi connectivity index (χ4n) is 2.82. The normalized spacial score (nSPS) is 22.4.